The van der Waals surface area contributed by atoms with Crippen molar-refractivity contribution in [1.82, 2.24) is 0 Å². The van der Waals surface area contributed by atoms with E-state index in [0.717, 1.165) is 12.8 Å². The summed E-state index contributed by atoms with van der Waals surface area (Å²) in [6, 6.07) is 18.1. The maximum Gasteiger partial charge on any atom is 0.0146 e. The second-order valence-electron chi connectivity index (χ2n) is 5.73. The van der Waals surface area contributed by atoms with Crippen molar-refractivity contribution >= 4 is 0 Å². The van der Waals surface area contributed by atoms with Gasteiger partial charge in [-0.25, -0.2) is 0 Å². The van der Waals surface area contributed by atoms with E-state index >= 15 is 0 Å². The molecule has 0 unspecified atom stereocenters. The molecule has 0 aromatic heterocycles. The molecule has 0 radical (unpaired) electrons. The van der Waals surface area contributed by atoms with Gasteiger partial charge in [-0.2, -0.15) is 0 Å². The zero-order chi connectivity index (χ0) is 13.9. The van der Waals surface area contributed by atoms with Gasteiger partial charge in [0.05, 0.1) is 0 Å². The normalized spacial score (nSPS) is 9.57. The van der Waals surface area contributed by atoms with E-state index in [4.69, 9.17) is 0 Å². The SMILES string of the molecule is C.C.C.C.CCc1ccc(C(C)(C)c2ccc(CC)cc2)cc1. The van der Waals surface area contributed by atoms with Crippen LogP contribution in [0.4, 0.5) is 0 Å². The molecule has 2 aromatic rings. The Labute approximate surface area is 147 Å². The lowest BCUT2D eigenvalue weighted by molar-refractivity contribution is 0.640. The van der Waals surface area contributed by atoms with E-state index in [1.165, 1.54) is 22.3 Å². The standard InChI is InChI=1S/C19H24.4CH4/c1-5-15-7-11-17(12-8-15)19(3,4)18-13-9-16(6-2)10-14-18;;;;/h7-14H,5-6H2,1-4H3;4*1H4. The molecule has 132 valence electrons. The third-order valence-electron chi connectivity index (χ3n) is 4.17. The summed E-state index contributed by atoms with van der Waals surface area (Å²) in [5.74, 6) is 0. The average molecular weight is 317 g/mol. The van der Waals surface area contributed by atoms with Crippen molar-refractivity contribution in [2.75, 3.05) is 0 Å². The molecule has 0 saturated carbocycles. The minimum atomic E-state index is 0. The average Bonchev–Trinajstić information content (AvgIpc) is 2.47. The van der Waals surface area contributed by atoms with Gasteiger partial charge in [0.2, 0.25) is 0 Å². The van der Waals surface area contributed by atoms with Gasteiger partial charge in [-0.1, -0.05) is 106 Å². The molecule has 0 saturated heterocycles. The first-order valence-corrected chi connectivity index (χ1v) is 7.26. The zero-order valence-corrected chi connectivity index (χ0v) is 12.5. The van der Waals surface area contributed by atoms with Crippen LogP contribution in [-0.4, -0.2) is 0 Å². The first-order chi connectivity index (χ1) is 9.07. The maximum absolute atomic E-state index is 2.30. The van der Waals surface area contributed by atoms with Gasteiger partial charge in [0.15, 0.2) is 0 Å². The van der Waals surface area contributed by atoms with Crippen molar-refractivity contribution < 1.29 is 0 Å². The van der Waals surface area contributed by atoms with Crippen LogP contribution in [0.1, 0.15) is 79.7 Å². The van der Waals surface area contributed by atoms with E-state index < -0.39 is 0 Å². The van der Waals surface area contributed by atoms with Crippen molar-refractivity contribution in [3.05, 3.63) is 70.8 Å². The van der Waals surface area contributed by atoms with Gasteiger partial charge in [0.25, 0.3) is 0 Å². The topological polar surface area (TPSA) is 0 Å². The van der Waals surface area contributed by atoms with Crippen LogP contribution in [-0.2, 0) is 18.3 Å². The van der Waals surface area contributed by atoms with Crippen LogP contribution in [0.2, 0.25) is 0 Å². The van der Waals surface area contributed by atoms with Gasteiger partial charge in [-0.05, 0) is 35.1 Å². The summed E-state index contributed by atoms with van der Waals surface area (Å²) in [5.41, 5.74) is 5.64. The molecular formula is C23H40. The molecule has 0 fully saturated rings. The number of benzene rings is 2. The number of rotatable bonds is 4. The van der Waals surface area contributed by atoms with Crippen LogP contribution in [0.5, 0.6) is 0 Å². The van der Waals surface area contributed by atoms with E-state index in [9.17, 15) is 0 Å². The largest absolute Gasteiger partial charge is 0.0776 e. The first-order valence-electron chi connectivity index (χ1n) is 7.26. The molecule has 0 aliphatic carbocycles. The Morgan fingerprint density at radius 3 is 1.04 bits per heavy atom. The highest BCUT2D eigenvalue weighted by molar-refractivity contribution is 5.39. The third-order valence-corrected chi connectivity index (χ3v) is 4.17. The van der Waals surface area contributed by atoms with Crippen LogP contribution in [0.15, 0.2) is 48.5 Å². The molecular weight excluding hydrogens is 276 g/mol. The lowest BCUT2D eigenvalue weighted by Gasteiger charge is -2.26. The molecule has 0 atom stereocenters. The third kappa shape index (κ3) is 5.86. The molecule has 23 heavy (non-hydrogen) atoms. The molecule has 2 aromatic carbocycles. The summed E-state index contributed by atoms with van der Waals surface area (Å²) in [5, 5.41) is 0. The molecule has 0 N–H and O–H groups in total. The lowest BCUT2D eigenvalue weighted by atomic mass is 9.77. The van der Waals surface area contributed by atoms with Gasteiger partial charge in [0, 0.05) is 5.41 Å². The molecule has 0 amide bonds. The lowest BCUT2D eigenvalue weighted by Crippen LogP contribution is -2.18. The number of hydrogen-bond acceptors (Lipinski definition) is 0. The van der Waals surface area contributed by atoms with E-state index in [-0.39, 0.29) is 35.1 Å². The monoisotopic (exact) mass is 316 g/mol. The minimum Gasteiger partial charge on any atom is -0.0776 e. The Balaban J connectivity index is -0.000001000. The van der Waals surface area contributed by atoms with E-state index in [0.29, 0.717) is 0 Å². The molecule has 0 spiro atoms. The van der Waals surface area contributed by atoms with Crippen molar-refractivity contribution in [1.29, 1.82) is 0 Å². The summed E-state index contributed by atoms with van der Waals surface area (Å²) in [7, 11) is 0. The van der Waals surface area contributed by atoms with Gasteiger partial charge in [-0.3, -0.25) is 0 Å². The summed E-state index contributed by atoms with van der Waals surface area (Å²) in [6.07, 6.45) is 2.21. The van der Waals surface area contributed by atoms with Gasteiger partial charge >= 0.3 is 0 Å². The van der Waals surface area contributed by atoms with Crippen LogP contribution in [0.3, 0.4) is 0 Å². The van der Waals surface area contributed by atoms with Crippen molar-refractivity contribution in [3.63, 3.8) is 0 Å². The van der Waals surface area contributed by atoms with Gasteiger partial charge in [-0.15, -0.1) is 0 Å². The molecule has 0 aliphatic rings. The zero-order valence-electron chi connectivity index (χ0n) is 12.5. The highest BCUT2D eigenvalue weighted by Crippen LogP contribution is 2.31. The molecule has 2 rings (SSSR count). The number of aryl methyl sites for hydroxylation is 2. The Morgan fingerprint density at radius 1 is 0.565 bits per heavy atom. The second kappa shape index (κ2) is 11.0. The fourth-order valence-electron chi connectivity index (χ4n) is 2.48. The Bertz CT molecular complexity index is 465. The predicted molar refractivity (Wildman–Crippen MR) is 111 cm³/mol. The van der Waals surface area contributed by atoms with Gasteiger partial charge in [0.1, 0.15) is 0 Å². The fraction of sp³-hybridized carbons (Fsp3) is 0.478. The molecule has 0 heteroatoms. The van der Waals surface area contributed by atoms with Gasteiger partial charge < -0.3 is 0 Å². The molecule has 0 bridgehead atoms. The first kappa shape index (κ1) is 26.3. The van der Waals surface area contributed by atoms with Crippen molar-refractivity contribution in [2.24, 2.45) is 0 Å². The van der Waals surface area contributed by atoms with E-state index in [2.05, 4.69) is 76.2 Å². The molecule has 0 heterocycles. The summed E-state index contributed by atoms with van der Waals surface area (Å²) < 4.78 is 0. The summed E-state index contributed by atoms with van der Waals surface area (Å²) in [4.78, 5) is 0. The predicted octanol–water partition coefficient (Wildman–Crippen LogP) is 7.68. The van der Waals surface area contributed by atoms with E-state index in [1.807, 2.05) is 0 Å². The minimum absolute atomic E-state index is 0. The van der Waals surface area contributed by atoms with Crippen molar-refractivity contribution in [2.45, 2.75) is 75.7 Å². The van der Waals surface area contributed by atoms with E-state index in [1.54, 1.807) is 0 Å². The second-order valence-corrected chi connectivity index (χ2v) is 5.73. The van der Waals surface area contributed by atoms with Crippen LogP contribution in [0, 0.1) is 0 Å². The maximum atomic E-state index is 2.30. The van der Waals surface area contributed by atoms with Crippen LogP contribution >= 0.6 is 0 Å². The Morgan fingerprint density at radius 2 is 0.826 bits per heavy atom. The van der Waals surface area contributed by atoms with Crippen molar-refractivity contribution in [3.8, 4) is 0 Å². The summed E-state index contributed by atoms with van der Waals surface area (Å²) in [6.45, 7) is 9.00. The summed E-state index contributed by atoms with van der Waals surface area (Å²) >= 11 is 0. The Kier molecular flexibility index (Phi) is 12.7. The highest BCUT2D eigenvalue weighted by Gasteiger charge is 2.22. The molecule has 0 aliphatic heterocycles. The van der Waals surface area contributed by atoms with Crippen LogP contribution < -0.4 is 0 Å². The van der Waals surface area contributed by atoms with Crippen LogP contribution in [0.25, 0.3) is 0 Å². The Hall–Kier alpha value is -1.56. The number of hydrogen-bond donors (Lipinski definition) is 0. The fourth-order valence-corrected chi connectivity index (χ4v) is 2.48. The smallest absolute Gasteiger partial charge is 0.0146 e. The molecule has 0 nitrogen and oxygen atoms in total. The highest BCUT2D eigenvalue weighted by atomic mass is 14.3. The quantitative estimate of drug-likeness (QED) is 0.542.